The van der Waals surface area contributed by atoms with E-state index in [9.17, 15) is 0 Å². The molecule has 1 aliphatic carbocycles. The third-order valence-corrected chi connectivity index (χ3v) is 7.69. The summed E-state index contributed by atoms with van der Waals surface area (Å²) in [7, 11) is 0.0138. The summed E-state index contributed by atoms with van der Waals surface area (Å²) >= 11 is 0. The number of hydrogen-bond acceptors (Lipinski definition) is 2. The van der Waals surface area contributed by atoms with Crippen LogP contribution in [0.25, 0.3) is 21.5 Å². The molecular formula is C29H30BNO. The fraction of sp³-hybridized carbons (Fsp3) is 0.310. The first-order valence-electron chi connectivity index (χ1n) is 12.2. The number of rotatable bonds is 3. The van der Waals surface area contributed by atoms with Gasteiger partial charge >= 0.3 is 7.05 Å². The monoisotopic (exact) mass is 419 g/mol. The summed E-state index contributed by atoms with van der Waals surface area (Å²) in [6.07, 6.45) is 6.55. The quantitative estimate of drug-likeness (QED) is 0.364. The van der Waals surface area contributed by atoms with Crippen molar-refractivity contribution in [1.29, 1.82) is 0 Å². The summed E-state index contributed by atoms with van der Waals surface area (Å²) in [5.74, 6) is 0.617. The second kappa shape index (κ2) is 8.06. The van der Waals surface area contributed by atoms with Crippen LogP contribution in [0, 0.1) is 5.92 Å². The maximum atomic E-state index is 6.97. The molecule has 3 heteroatoms. The molecule has 0 spiro atoms. The van der Waals surface area contributed by atoms with E-state index in [4.69, 9.17) is 4.65 Å². The highest BCUT2D eigenvalue weighted by Crippen LogP contribution is 2.47. The number of fused-ring (bicyclic) bond motifs is 2. The van der Waals surface area contributed by atoms with Gasteiger partial charge in [0.15, 0.2) is 0 Å². The molecule has 160 valence electrons. The third-order valence-electron chi connectivity index (χ3n) is 7.69. The largest absolute Gasteiger partial charge is 0.406 e. The van der Waals surface area contributed by atoms with E-state index in [0.717, 1.165) is 0 Å². The van der Waals surface area contributed by atoms with Gasteiger partial charge in [-0.2, -0.15) is 0 Å². The highest BCUT2D eigenvalue weighted by molar-refractivity contribution is 6.48. The summed E-state index contributed by atoms with van der Waals surface area (Å²) in [6, 6.07) is 31.4. The van der Waals surface area contributed by atoms with Crippen LogP contribution in [0.5, 0.6) is 0 Å². The molecule has 0 amide bonds. The van der Waals surface area contributed by atoms with Crippen molar-refractivity contribution in [3.05, 3.63) is 96.1 Å². The molecule has 0 aromatic heterocycles. The van der Waals surface area contributed by atoms with Gasteiger partial charge in [0.2, 0.25) is 0 Å². The Labute approximate surface area is 191 Å². The second-order valence-electron chi connectivity index (χ2n) is 9.66. The molecule has 2 aliphatic rings. The van der Waals surface area contributed by atoms with Crippen LogP contribution >= 0.6 is 0 Å². The predicted octanol–water partition coefficient (Wildman–Crippen LogP) is 6.92. The van der Waals surface area contributed by atoms with Crippen molar-refractivity contribution in [3.8, 4) is 0 Å². The van der Waals surface area contributed by atoms with Gasteiger partial charge in [0.1, 0.15) is 5.60 Å². The van der Waals surface area contributed by atoms with Gasteiger partial charge in [-0.3, -0.25) is 0 Å². The Morgan fingerprint density at radius 2 is 1.25 bits per heavy atom. The minimum atomic E-state index is -0.491. The van der Waals surface area contributed by atoms with Crippen molar-refractivity contribution in [3.63, 3.8) is 0 Å². The first-order chi connectivity index (χ1) is 15.7. The molecule has 1 aliphatic heterocycles. The molecule has 6 rings (SSSR count). The van der Waals surface area contributed by atoms with Crippen LogP contribution in [0.4, 0.5) is 0 Å². The highest BCUT2D eigenvalue weighted by atomic mass is 16.5. The van der Waals surface area contributed by atoms with Gasteiger partial charge in [0, 0.05) is 6.04 Å². The molecule has 32 heavy (non-hydrogen) atoms. The summed E-state index contributed by atoms with van der Waals surface area (Å²) in [6.45, 7) is 2.17. The van der Waals surface area contributed by atoms with E-state index in [2.05, 4.69) is 97.0 Å². The molecule has 2 nitrogen and oxygen atoms in total. The lowest BCUT2D eigenvalue weighted by molar-refractivity contribution is 0.0778. The minimum Gasteiger partial charge on any atom is -0.406 e. The van der Waals surface area contributed by atoms with Gasteiger partial charge in [-0.25, -0.2) is 0 Å². The zero-order chi connectivity index (χ0) is 21.5. The Kier molecular flexibility index (Phi) is 5.04. The number of benzene rings is 4. The molecular weight excluding hydrogens is 389 g/mol. The van der Waals surface area contributed by atoms with E-state index in [0.29, 0.717) is 5.92 Å². The lowest BCUT2D eigenvalue weighted by Gasteiger charge is -2.41. The van der Waals surface area contributed by atoms with Crippen LogP contribution < -0.4 is 5.23 Å². The lowest BCUT2D eigenvalue weighted by Crippen LogP contribution is -2.48. The topological polar surface area (TPSA) is 21.3 Å². The summed E-state index contributed by atoms with van der Waals surface area (Å²) in [5, 5.41) is 8.99. The molecule has 1 saturated carbocycles. The van der Waals surface area contributed by atoms with E-state index < -0.39 is 5.60 Å². The van der Waals surface area contributed by atoms with E-state index in [1.54, 1.807) is 0 Å². The number of nitrogens with one attached hydrogen (secondary N) is 1. The van der Waals surface area contributed by atoms with Crippen molar-refractivity contribution >= 4 is 28.6 Å². The maximum Gasteiger partial charge on any atom is 0.377 e. The molecule has 1 heterocycles. The van der Waals surface area contributed by atoms with Crippen LogP contribution in [0.2, 0.25) is 6.82 Å². The van der Waals surface area contributed by atoms with Crippen LogP contribution in [0.15, 0.2) is 84.9 Å². The van der Waals surface area contributed by atoms with Crippen LogP contribution in [-0.4, -0.2) is 13.1 Å². The molecule has 1 saturated heterocycles. The third kappa shape index (κ3) is 3.27. The molecule has 2 fully saturated rings. The predicted molar refractivity (Wildman–Crippen MR) is 135 cm³/mol. The Balaban J connectivity index is 1.58. The van der Waals surface area contributed by atoms with Gasteiger partial charge in [-0.15, -0.1) is 0 Å². The molecule has 4 aromatic rings. The Morgan fingerprint density at radius 3 is 1.81 bits per heavy atom. The van der Waals surface area contributed by atoms with Gasteiger partial charge in [0.25, 0.3) is 0 Å². The molecule has 1 atom stereocenters. The van der Waals surface area contributed by atoms with Crippen LogP contribution in [-0.2, 0) is 10.3 Å². The van der Waals surface area contributed by atoms with E-state index in [1.165, 1.54) is 64.8 Å². The average molecular weight is 419 g/mol. The van der Waals surface area contributed by atoms with Crippen molar-refractivity contribution in [2.24, 2.45) is 5.92 Å². The maximum absolute atomic E-state index is 6.97. The van der Waals surface area contributed by atoms with E-state index in [-0.39, 0.29) is 13.1 Å². The second-order valence-corrected chi connectivity index (χ2v) is 9.66. The van der Waals surface area contributed by atoms with Crippen molar-refractivity contribution < 1.29 is 4.65 Å². The standard InChI is InChI=1S/C29H30BNO/c1-30-31-28(23-11-3-2-4-12-23)29(32-30,26-17-15-21-9-5-7-13-24(21)19-26)27-18-16-22-10-6-8-14-25(22)20-27/h5-10,13-20,23,28,31H,2-4,11-12H2,1H3/t28-/m1/s1. The average Bonchev–Trinajstić information content (AvgIpc) is 3.22. The van der Waals surface area contributed by atoms with Gasteiger partial charge in [0.05, 0.1) is 0 Å². The Bertz CT molecular complexity index is 1180. The first kappa shape index (κ1) is 20.0. The molecule has 0 bridgehead atoms. The minimum absolute atomic E-state index is 0.0138. The van der Waals surface area contributed by atoms with Gasteiger partial charge in [-0.1, -0.05) is 92.1 Å². The summed E-state index contributed by atoms with van der Waals surface area (Å²) in [5.41, 5.74) is 2.04. The zero-order valence-electron chi connectivity index (χ0n) is 18.8. The van der Waals surface area contributed by atoms with E-state index >= 15 is 0 Å². The van der Waals surface area contributed by atoms with Crippen molar-refractivity contribution in [2.45, 2.75) is 50.6 Å². The van der Waals surface area contributed by atoms with Gasteiger partial charge < -0.3 is 9.88 Å². The Morgan fingerprint density at radius 1 is 0.719 bits per heavy atom. The summed E-state index contributed by atoms with van der Waals surface area (Å²) < 4.78 is 6.97. The smallest absolute Gasteiger partial charge is 0.377 e. The first-order valence-corrected chi connectivity index (χ1v) is 12.2. The van der Waals surface area contributed by atoms with Crippen LogP contribution in [0.3, 0.4) is 0 Å². The van der Waals surface area contributed by atoms with Crippen LogP contribution in [0.1, 0.15) is 43.2 Å². The highest BCUT2D eigenvalue weighted by Gasteiger charge is 2.53. The molecule has 4 aromatic carbocycles. The van der Waals surface area contributed by atoms with Crippen molar-refractivity contribution in [1.82, 2.24) is 5.23 Å². The SMILES string of the molecule is CB1N[C@H](C2CCCCC2)C(c2ccc3ccccc3c2)(c2ccc3ccccc3c2)O1. The summed E-state index contributed by atoms with van der Waals surface area (Å²) in [4.78, 5) is 0. The molecule has 0 unspecified atom stereocenters. The fourth-order valence-electron chi connectivity index (χ4n) is 6.19. The Hall–Kier alpha value is -2.62. The van der Waals surface area contributed by atoms with Crippen molar-refractivity contribution in [2.75, 3.05) is 0 Å². The molecule has 0 radical (unpaired) electrons. The number of hydrogen-bond donors (Lipinski definition) is 1. The van der Waals surface area contributed by atoms with Gasteiger partial charge in [-0.05, 0) is 70.4 Å². The lowest BCUT2D eigenvalue weighted by atomic mass is 9.70. The van der Waals surface area contributed by atoms with E-state index in [1.807, 2.05) is 0 Å². The zero-order valence-corrected chi connectivity index (χ0v) is 18.8. The normalized spacial score (nSPS) is 21.4. The fourth-order valence-corrected chi connectivity index (χ4v) is 6.19. The molecule has 1 N–H and O–H groups in total.